The zero-order valence-corrected chi connectivity index (χ0v) is 17.3. The van der Waals surface area contributed by atoms with Gasteiger partial charge in [-0.1, -0.05) is 6.07 Å². The highest BCUT2D eigenvalue weighted by Gasteiger charge is 2.36. The van der Waals surface area contributed by atoms with Crippen molar-refractivity contribution in [3.8, 4) is 17.0 Å². The molecule has 4 rings (SSSR count). The number of pyridine rings is 1. The number of aromatic carboxylic acids is 1. The summed E-state index contributed by atoms with van der Waals surface area (Å²) in [5, 5.41) is 23.9. The minimum Gasteiger partial charge on any atom is -0.506 e. The molecule has 4 N–H and O–H groups in total. The molecule has 0 atom stereocenters. The second-order valence-corrected chi connectivity index (χ2v) is 7.87. The molecule has 0 amide bonds. The third kappa shape index (κ3) is 3.63. The Kier molecular flexibility index (Phi) is 5.23. The molecule has 154 valence electrons. The summed E-state index contributed by atoms with van der Waals surface area (Å²) in [6.07, 6.45) is 2.40. The fourth-order valence-electron chi connectivity index (χ4n) is 3.57. The predicted octanol–water partition coefficient (Wildman–Crippen LogP) is 3.31. The van der Waals surface area contributed by atoms with Gasteiger partial charge in [0.25, 0.3) is 5.56 Å². The van der Waals surface area contributed by atoms with E-state index in [1.165, 1.54) is 12.8 Å². The number of H-pyrrole nitrogens is 1. The molecular formula is C21H24ClN3O4. The molecular weight excluding hydrogens is 394 g/mol. The monoisotopic (exact) mass is 417 g/mol. The van der Waals surface area contributed by atoms with E-state index in [2.05, 4.69) is 27.9 Å². The summed E-state index contributed by atoms with van der Waals surface area (Å²) in [5.74, 6) is -1.95. The minimum absolute atomic E-state index is 0. The average Bonchev–Trinajstić information content (AvgIpc) is 3.29. The minimum atomic E-state index is -1.45. The Bertz CT molecular complexity index is 1170. The number of rotatable bonds is 5. The highest BCUT2D eigenvalue weighted by Crippen LogP contribution is 2.35. The molecule has 1 aliphatic carbocycles. The van der Waals surface area contributed by atoms with Crippen LogP contribution in [0.5, 0.6) is 5.75 Å². The zero-order chi connectivity index (χ0) is 20.2. The van der Waals surface area contributed by atoms with Crippen LogP contribution in [0, 0.1) is 6.92 Å². The molecule has 2 aromatic heterocycles. The van der Waals surface area contributed by atoms with Gasteiger partial charge in [-0.2, -0.15) is 0 Å². The van der Waals surface area contributed by atoms with Gasteiger partial charge in [-0.3, -0.25) is 4.79 Å². The molecule has 0 aliphatic heterocycles. The molecule has 0 unspecified atom stereocenters. The Labute approximate surface area is 173 Å². The lowest BCUT2D eigenvalue weighted by Gasteiger charge is -2.12. The van der Waals surface area contributed by atoms with Crippen molar-refractivity contribution in [1.82, 2.24) is 14.9 Å². The van der Waals surface area contributed by atoms with E-state index in [0.717, 1.165) is 23.1 Å². The number of carbonyl (C=O) groups is 1. The van der Waals surface area contributed by atoms with Gasteiger partial charge in [0, 0.05) is 41.3 Å². The predicted molar refractivity (Wildman–Crippen MR) is 114 cm³/mol. The van der Waals surface area contributed by atoms with E-state index in [0.29, 0.717) is 16.8 Å². The maximum absolute atomic E-state index is 12.1. The Hall–Kier alpha value is -2.77. The molecule has 29 heavy (non-hydrogen) atoms. The number of benzene rings is 1. The number of carboxylic acid groups (broad SMARTS) is 1. The lowest BCUT2D eigenvalue weighted by atomic mass is 10.0. The summed E-state index contributed by atoms with van der Waals surface area (Å²) in [7, 11) is 2.02. The van der Waals surface area contributed by atoms with E-state index in [4.69, 9.17) is 5.11 Å². The normalized spacial score (nSPS) is 14.6. The number of aromatic amines is 1. The van der Waals surface area contributed by atoms with Crippen LogP contribution in [0.3, 0.4) is 0 Å². The van der Waals surface area contributed by atoms with Gasteiger partial charge >= 0.3 is 5.97 Å². The van der Waals surface area contributed by atoms with Crippen LogP contribution >= 0.6 is 12.4 Å². The first-order valence-electron chi connectivity index (χ1n) is 9.23. The van der Waals surface area contributed by atoms with E-state index >= 15 is 0 Å². The van der Waals surface area contributed by atoms with Gasteiger partial charge in [-0.25, -0.2) is 4.79 Å². The van der Waals surface area contributed by atoms with Gasteiger partial charge in [0.15, 0.2) is 5.56 Å². The summed E-state index contributed by atoms with van der Waals surface area (Å²) >= 11 is 0. The van der Waals surface area contributed by atoms with Crippen molar-refractivity contribution in [2.75, 3.05) is 0 Å². The van der Waals surface area contributed by atoms with E-state index < -0.39 is 22.8 Å². The third-order valence-electron chi connectivity index (χ3n) is 5.77. The summed E-state index contributed by atoms with van der Waals surface area (Å²) in [5.41, 5.74) is 2.49. The van der Waals surface area contributed by atoms with Crippen LogP contribution in [0.4, 0.5) is 0 Å². The van der Waals surface area contributed by atoms with Crippen LogP contribution in [0.2, 0.25) is 0 Å². The average molecular weight is 418 g/mol. The smallest absolute Gasteiger partial charge is 0.345 e. The van der Waals surface area contributed by atoms with Crippen molar-refractivity contribution >= 4 is 29.3 Å². The molecule has 1 aliphatic rings. The van der Waals surface area contributed by atoms with E-state index in [-0.39, 0.29) is 17.9 Å². The topological polar surface area (TPSA) is 107 Å². The summed E-state index contributed by atoms with van der Waals surface area (Å²) in [6, 6.07) is 7.87. The molecule has 1 saturated carbocycles. The van der Waals surface area contributed by atoms with Crippen molar-refractivity contribution in [2.24, 2.45) is 7.05 Å². The molecule has 2 heterocycles. The van der Waals surface area contributed by atoms with E-state index in [1.807, 2.05) is 25.2 Å². The van der Waals surface area contributed by atoms with Gasteiger partial charge in [0.2, 0.25) is 0 Å². The molecule has 3 aromatic rings. The number of halogens is 1. The number of aromatic hydroxyl groups is 1. The van der Waals surface area contributed by atoms with E-state index in [9.17, 15) is 14.7 Å². The third-order valence-corrected chi connectivity index (χ3v) is 5.77. The largest absolute Gasteiger partial charge is 0.506 e. The number of carboxylic acids is 1. The highest BCUT2D eigenvalue weighted by atomic mass is 35.5. The van der Waals surface area contributed by atoms with Crippen LogP contribution in [-0.2, 0) is 13.6 Å². The fourth-order valence-corrected chi connectivity index (χ4v) is 3.57. The first-order chi connectivity index (χ1) is 13.2. The Morgan fingerprint density at radius 2 is 2.00 bits per heavy atom. The number of hydrogen-bond acceptors (Lipinski definition) is 4. The van der Waals surface area contributed by atoms with Gasteiger partial charge in [0.1, 0.15) is 5.75 Å². The highest BCUT2D eigenvalue weighted by molar-refractivity contribution is 5.92. The van der Waals surface area contributed by atoms with Crippen molar-refractivity contribution < 1.29 is 15.0 Å². The van der Waals surface area contributed by atoms with Crippen LogP contribution in [-0.4, -0.2) is 31.3 Å². The Morgan fingerprint density at radius 1 is 1.31 bits per heavy atom. The van der Waals surface area contributed by atoms with Crippen molar-refractivity contribution in [3.05, 3.63) is 51.4 Å². The number of nitrogens with zero attached hydrogens (tertiary/aromatic N) is 1. The van der Waals surface area contributed by atoms with Crippen LogP contribution < -0.4 is 10.9 Å². The summed E-state index contributed by atoms with van der Waals surface area (Å²) < 4.78 is 2.14. The van der Waals surface area contributed by atoms with Gasteiger partial charge in [-0.05, 0) is 50.5 Å². The number of aryl methyl sites for hydroxylation is 1. The summed E-state index contributed by atoms with van der Waals surface area (Å²) in [6.45, 7) is 4.59. The van der Waals surface area contributed by atoms with Crippen LogP contribution in [0.15, 0.2) is 29.1 Å². The molecule has 1 fully saturated rings. The quantitative estimate of drug-likeness (QED) is 0.509. The molecule has 0 spiro atoms. The molecule has 1 aromatic carbocycles. The van der Waals surface area contributed by atoms with Crippen LogP contribution in [0.25, 0.3) is 22.2 Å². The Morgan fingerprint density at radius 3 is 2.62 bits per heavy atom. The first kappa shape index (κ1) is 21.0. The number of aromatic nitrogens is 2. The standard InChI is InChI=1S/C21H23N3O4.ClH/c1-11-17(23-19(26)16(18(11)25)20(27)28)12-4-5-15-13(8-12)9-14(24(15)3)10-22-21(2)6-7-21;/h4-5,8-9,22H,6-7,10H2,1-3H3,(H,27,28)(H2,23,25,26);1H. The lowest BCUT2D eigenvalue weighted by Crippen LogP contribution is -2.27. The lowest BCUT2D eigenvalue weighted by molar-refractivity contribution is 0.0691. The van der Waals surface area contributed by atoms with Crippen LogP contribution in [0.1, 0.15) is 41.4 Å². The van der Waals surface area contributed by atoms with Gasteiger partial charge < -0.3 is 25.1 Å². The molecule has 8 heteroatoms. The molecule has 0 saturated heterocycles. The maximum atomic E-state index is 12.1. The number of nitrogens with one attached hydrogen (secondary N) is 2. The molecule has 7 nitrogen and oxygen atoms in total. The van der Waals surface area contributed by atoms with Crippen molar-refractivity contribution in [3.63, 3.8) is 0 Å². The van der Waals surface area contributed by atoms with E-state index in [1.54, 1.807) is 6.92 Å². The second-order valence-electron chi connectivity index (χ2n) is 7.87. The van der Waals surface area contributed by atoms with Gasteiger partial charge in [0.05, 0.1) is 5.69 Å². The maximum Gasteiger partial charge on any atom is 0.345 e. The molecule has 0 radical (unpaired) electrons. The van der Waals surface area contributed by atoms with Gasteiger partial charge in [-0.15, -0.1) is 12.4 Å². The number of hydrogen-bond donors (Lipinski definition) is 4. The van der Waals surface area contributed by atoms with Crippen molar-refractivity contribution in [1.29, 1.82) is 0 Å². The molecule has 0 bridgehead atoms. The zero-order valence-electron chi connectivity index (χ0n) is 16.5. The summed E-state index contributed by atoms with van der Waals surface area (Å²) in [4.78, 5) is 25.9. The second kappa shape index (κ2) is 7.24. The Balaban J connectivity index is 0.00000240. The fraction of sp³-hybridized carbons (Fsp3) is 0.333. The first-order valence-corrected chi connectivity index (χ1v) is 9.23. The van der Waals surface area contributed by atoms with Crippen molar-refractivity contribution in [2.45, 2.75) is 38.8 Å². The number of fused-ring (bicyclic) bond motifs is 1. The SMILES string of the molecule is Cc1c(-c2ccc3c(c2)cc(CNC2(C)CC2)n3C)[nH]c(=O)c(C(=O)O)c1O.Cl.